The van der Waals surface area contributed by atoms with Crippen LogP contribution in [0.25, 0.3) is 11.4 Å². The van der Waals surface area contributed by atoms with Crippen molar-refractivity contribution >= 4 is 45.8 Å². The van der Waals surface area contributed by atoms with Gasteiger partial charge in [0.15, 0.2) is 5.82 Å². The second-order valence-electron chi connectivity index (χ2n) is 3.46. The van der Waals surface area contributed by atoms with E-state index in [4.69, 9.17) is 23.2 Å². The topological polar surface area (TPSA) is 25.8 Å². The number of aryl methyl sites for hydroxylation is 1. The van der Waals surface area contributed by atoms with Gasteiger partial charge in [0.2, 0.25) is 0 Å². The molecule has 5 heteroatoms. The van der Waals surface area contributed by atoms with Gasteiger partial charge in [-0.3, -0.25) is 0 Å². The lowest BCUT2D eigenvalue weighted by Crippen LogP contribution is -1.99. The van der Waals surface area contributed by atoms with E-state index >= 15 is 0 Å². The third-order valence-corrected chi connectivity index (χ3v) is 4.26. The highest BCUT2D eigenvalue weighted by molar-refractivity contribution is 14.1. The van der Waals surface area contributed by atoms with E-state index in [9.17, 15) is 0 Å². The lowest BCUT2D eigenvalue weighted by atomic mass is 10.2. The zero-order chi connectivity index (χ0) is 12.4. The summed E-state index contributed by atoms with van der Waals surface area (Å²) in [4.78, 5) is 8.78. The van der Waals surface area contributed by atoms with Crippen LogP contribution in [0.15, 0.2) is 24.3 Å². The Labute approximate surface area is 124 Å². The molecule has 88 valence electrons. The van der Waals surface area contributed by atoms with Crippen LogP contribution in [-0.4, -0.2) is 9.97 Å². The van der Waals surface area contributed by atoms with Gasteiger partial charge in [-0.2, -0.15) is 0 Å². The van der Waals surface area contributed by atoms with E-state index in [1.54, 1.807) is 0 Å². The van der Waals surface area contributed by atoms with E-state index in [1.807, 2.05) is 31.2 Å². The van der Waals surface area contributed by atoms with Crippen molar-refractivity contribution in [3.8, 4) is 11.4 Å². The lowest BCUT2D eigenvalue weighted by molar-refractivity contribution is 0.989. The van der Waals surface area contributed by atoms with Gasteiger partial charge in [0.1, 0.15) is 5.15 Å². The predicted molar refractivity (Wildman–Crippen MR) is 79.6 cm³/mol. The zero-order valence-corrected chi connectivity index (χ0v) is 12.7. The molecule has 0 aliphatic heterocycles. The van der Waals surface area contributed by atoms with Crippen LogP contribution < -0.4 is 0 Å². The first kappa shape index (κ1) is 13.1. The molecule has 0 aliphatic carbocycles. The molecule has 1 aromatic carbocycles. The Balaban J connectivity index is 2.56. The van der Waals surface area contributed by atoms with Crippen molar-refractivity contribution in [2.45, 2.75) is 13.3 Å². The van der Waals surface area contributed by atoms with E-state index in [0.29, 0.717) is 16.0 Å². The Hall–Kier alpha value is -0.390. The van der Waals surface area contributed by atoms with Gasteiger partial charge in [0.25, 0.3) is 0 Å². The number of halogens is 3. The fraction of sp³-hybridized carbons (Fsp3) is 0.167. The SMILES string of the molecule is CCc1nc(-c2cccc(Cl)c2)nc(Cl)c1I. The molecule has 0 spiro atoms. The van der Waals surface area contributed by atoms with Crippen molar-refractivity contribution in [1.29, 1.82) is 0 Å². The van der Waals surface area contributed by atoms with Crippen molar-refractivity contribution in [3.63, 3.8) is 0 Å². The van der Waals surface area contributed by atoms with Gasteiger partial charge in [0, 0.05) is 10.6 Å². The number of aromatic nitrogens is 2. The molecule has 0 unspecified atom stereocenters. The minimum atomic E-state index is 0.493. The van der Waals surface area contributed by atoms with E-state index in [-0.39, 0.29) is 0 Å². The molecule has 2 rings (SSSR count). The summed E-state index contributed by atoms with van der Waals surface area (Å²) >= 11 is 14.2. The Morgan fingerprint density at radius 2 is 2.00 bits per heavy atom. The van der Waals surface area contributed by atoms with Crippen molar-refractivity contribution in [2.24, 2.45) is 0 Å². The Kier molecular flexibility index (Phi) is 4.22. The maximum atomic E-state index is 6.10. The lowest BCUT2D eigenvalue weighted by Gasteiger charge is -2.06. The molecule has 0 radical (unpaired) electrons. The second-order valence-corrected chi connectivity index (χ2v) is 5.34. The van der Waals surface area contributed by atoms with Crippen LogP contribution >= 0.6 is 45.8 Å². The number of hydrogen-bond donors (Lipinski definition) is 0. The molecular weight excluding hydrogens is 370 g/mol. The molecular formula is C12H9Cl2IN2. The molecule has 0 saturated carbocycles. The van der Waals surface area contributed by atoms with Crippen LogP contribution in [0.1, 0.15) is 12.6 Å². The summed E-state index contributed by atoms with van der Waals surface area (Å²) in [7, 11) is 0. The van der Waals surface area contributed by atoms with E-state index in [2.05, 4.69) is 32.6 Å². The molecule has 0 saturated heterocycles. The average Bonchev–Trinajstić information content (AvgIpc) is 2.32. The summed E-state index contributed by atoms with van der Waals surface area (Å²) in [6.07, 6.45) is 0.827. The van der Waals surface area contributed by atoms with Gasteiger partial charge in [-0.1, -0.05) is 42.3 Å². The molecule has 0 aliphatic rings. The molecule has 0 bridgehead atoms. The molecule has 0 fully saturated rings. The first-order chi connectivity index (χ1) is 8.11. The average molecular weight is 379 g/mol. The van der Waals surface area contributed by atoms with Gasteiger partial charge in [-0.15, -0.1) is 0 Å². The second kappa shape index (κ2) is 5.50. The van der Waals surface area contributed by atoms with Crippen LogP contribution in [0.5, 0.6) is 0 Å². The zero-order valence-electron chi connectivity index (χ0n) is 9.04. The molecule has 1 aromatic heterocycles. The Bertz CT molecular complexity index is 558. The maximum absolute atomic E-state index is 6.10. The highest BCUT2D eigenvalue weighted by atomic mass is 127. The van der Waals surface area contributed by atoms with Crippen LogP contribution in [0.2, 0.25) is 10.2 Å². The third kappa shape index (κ3) is 2.89. The Morgan fingerprint density at radius 3 is 2.65 bits per heavy atom. The summed E-state index contributed by atoms with van der Waals surface area (Å²) in [6.45, 7) is 2.04. The van der Waals surface area contributed by atoms with Crippen LogP contribution in [0, 0.1) is 3.57 Å². The predicted octanol–water partition coefficient (Wildman–Crippen LogP) is 4.62. The van der Waals surface area contributed by atoms with Crippen molar-refractivity contribution < 1.29 is 0 Å². The third-order valence-electron chi connectivity index (χ3n) is 2.30. The van der Waals surface area contributed by atoms with Gasteiger partial charge < -0.3 is 0 Å². The van der Waals surface area contributed by atoms with Gasteiger partial charge in [0.05, 0.1) is 9.26 Å². The molecule has 0 N–H and O–H groups in total. The minimum Gasteiger partial charge on any atom is -0.232 e. The first-order valence-electron chi connectivity index (χ1n) is 5.09. The minimum absolute atomic E-state index is 0.493. The van der Waals surface area contributed by atoms with E-state index < -0.39 is 0 Å². The van der Waals surface area contributed by atoms with Crippen molar-refractivity contribution in [1.82, 2.24) is 9.97 Å². The summed E-state index contributed by atoms with van der Waals surface area (Å²) in [5, 5.41) is 1.16. The van der Waals surface area contributed by atoms with Crippen LogP contribution in [-0.2, 0) is 6.42 Å². The van der Waals surface area contributed by atoms with Gasteiger partial charge in [-0.05, 0) is 41.1 Å². The number of benzene rings is 1. The molecule has 0 amide bonds. The first-order valence-corrected chi connectivity index (χ1v) is 6.93. The molecule has 2 aromatic rings. The van der Waals surface area contributed by atoms with Gasteiger partial charge in [-0.25, -0.2) is 9.97 Å². The quantitative estimate of drug-likeness (QED) is 0.563. The fourth-order valence-corrected chi connectivity index (χ4v) is 2.46. The van der Waals surface area contributed by atoms with Crippen molar-refractivity contribution in [2.75, 3.05) is 0 Å². The molecule has 0 atom stereocenters. The largest absolute Gasteiger partial charge is 0.232 e. The van der Waals surface area contributed by atoms with E-state index in [0.717, 1.165) is 21.2 Å². The monoisotopic (exact) mass is 378 g/mol. The number of rotatable bonds is 2. The molecule has 1 heterocycles. The standard InChI is InChI=1S/C12H9Cl2IN2/c1-2-9-10(15)11(14)17-12(16-9)7-4-3-5-8(13)6-7/h3-6H,2H2,1H3. The van der Waals surface area contributed by atoms with Crippen molar-refractivity contribution in [3.05, 3.63) is 43.7 Å². The summed E-state index contributed by atoms with van der Waals surface area (Å²) < 4.78 is 0.914. The van der Waals surface area contributed by atoms with Crippen LogP contribution in [0.3, 0.4) is 0 Å². The number of nitrogens with zero attached hydrogens (tertiary/aromatic N) is 2. The number of hydrogen-bond acceptors (Lipinski definition) is 2. The molecule has 2 nitrogen and oxygen atoms in total. The van der Waals surface area contributed by atoms with E-state index in [1.165, 1.54) is 0 Å². The van der Waals surface area contributed by atoms with Gasteiger partial charge >= 0.3 is 0 Å². The molecule has 17 heavy (non-hydrogen) atoms. The Morgan fingerprint density at radius 1 is 1.24 bits per heavy atom. The normalized spacial score (nSPS) is 10.6. The highest BCUT2D eigenvalue weighted by Crippen LogP contribution is 2.25. The summed E-state index contributed by atoms with van der Waals surface area (Å²) in [5.41, 5.74) is 1.84. The summed E-state index contributed by atoms with van der Waals surface area (Å²) in [5.74, 6) is 0.620. The summed E-state index contributed by atoms with van der Waals surface area (Å²) in [6, 6.07) is 7.45. The smallest absolute Gasteiger partial charge is 0.161 e. The maximum Gasteiger partial charge on any atom is 0.161 e. The van der Waals surface area contributed by atoms with Crippen LogP contribution in [0.4, 0.5) is 0 Å². The highest BCUT2D eigenvalue weighted by Gasteiger charge is 2.10. The fourth-order valence-electron chi connectivity index (χ4n) is 1.45.